The number of benzene rings is 2. The third-order valence-electron chi connectivity index (χ3n) is 2.55. The molecular formula is C14H13Cl2N. The summed E-state index contributed by atoms with van der Waals surface area (Å²) in [6.07, 6.45) is 0. The molecule has 0 fully saturated rings. The predicted octanol–water partition coefficient (Wildman–Crippen LogP) is 5.17. The Morgan fingerprint density at radius 3 is 2.12 bits per heavy atom. The monoisotopic (exact) mass is 265 g/mol. The number of rotatable bonds is 3. The van der Waals surface area contributed by atoms with Crippen LogP contribution in [-0.4, -0.2) is 0 Å². The van der Waals surface area contributed by atoms with Crippen LogP contribution in [0.3, 0.4) is 0 Å². The zero-order valence-corrected chi connectivity index (χ0v) is 11.0. The lowest BCUT2D eigenvalue weighted by atomic mass is 10.1. The number of anilines is 1. The summed E-state index contributed by atoms with van der Waals surface area (Å²) in [5.41, 5.74) is 2.16. The van der Waals surface area contributed by atoms with Crippen molar-refractivity contribution in [1.29, 1.82) is 0 Å². The van der Waals surface area contributed by atoms with Crippen LogP contribution in [-0.2, 0) is 0 Å². The summed E-state index contributed by atoms with van der Waals surface area (Å²) < 4.78 is 0. The first-order valence-electron chi connectivity index (χ1n) is 5.43. The Labute approximate surface area is 111 Å². The van der Waals surface area contributed by atoms with E-state index < -0.39 is 0 Å². The van der Waals surface area contributed by atoms with Crippen molar-refractivity contribution in [2.45, 2.75) is 13.0 Å². The smallest absolute Gasteiger partial charge is 0.0485 e. The molecule has 0 amide bonds. The van der Waals surface area contributed by atoms with E-state index in [1.165, 1.54) is 5.56 Å². The molecule has 0 saturated carbocycles. The van der Waals surface area contributed by atoms with Gasteiger partial charge < -0.3 is 5.32 Å². The lowest BCUT2D eigenvalue weighted by molar-refractivity contribution is 0.885. The van der Waals surface area contributed by atoms with Gasteiger partial charge in [0.15, 0.2) is 0 Å². The molecule has 2 aromatic carbocycles. The van der Waals surface area contributed by atoms with Gasteiger partial charge in [-0.2, -0.15) is 0 Å². The summed E-state index contributed by atoms with van der Waals surface area (Å²) in [7, 11) is 0. The highest BCUT2D eigenvalue weighted by Gasteiger charge is 2.05. The maximum absolute atomic E-state index is 5.96. The van der Waals surface area contributed by atoms with E-state index in [-0.39, 0.29) is 6.04 Å². The molecule has 0 aliphatic rings. The second-order valence-electron chi connectivity index (χ2n) is 3.93. The molecule has 2 rings (SSSR count). The third-order valence-corrected chi connectivity index (χ3v) is 2.98. The molecule has 0 aromatic heterocycles. The normalized spacial score (nSPS) is 12.2. The minimum absolute atomic E-state index is 0.214. The van der Waals surface area contributed by atoms with Gasteiger partial charge in [0.1, 0.15) is 0 Å². The number of hydrogen-bond acceptors (Lipinski definition) is 1. The molecule has 0 spiro atoms. The zero-order valence-electron chi connectivity index (χ0n) is 9.45. The van der Waals surface area contributed by atoms with Gasteiger partial charge in [-0.1, -0.05) is 53.5 Å². The van der Waals surface area contributed by atoms with Crippen molar-refractivity contribution in [3.63, 3.8) is 0 Å². The Hall–Kier alpha value is -1.18. The molecule has 1 nitrogen and oxygen atoms in total. The van der Waals surface area contributed by atoms with Crippen LogP contribution in [0.5, 0.6) is 0 Å². The molecule has 1 atom stereocenters. The lowest BCUT2D eigenvalue weighted by Gasteiger charge is -2.16. The van der Waals surface area contributed by atoms with Crippen molar-refractivity contribution in [2.24, 2.45) is 0 Å². The fourth-order valence-electron chi connectivity index (χ4n) is 1.71. The van der Waals surface area contributed by atoms with Gasteiger partial charge >= 0.3 is 0 Å². The van der Waals surface area contributed by atoms with Crippen molar-refractivity contribution in [3.8, 4) is 0 Å². The standard InChI is InChI=1S/C14H13Cl2N/c1-10(11-5-3-2-4-6-11)17-14-8-12(15)7-13(16)9-14/h2-10,17H,1H3. The van der Waals surface area contributed by atoms with E-state index in [0.29, 0.717) is 10.0 Å². The van der Waals surface area contributed by atoms with E-state index in [9.17, 15) is 0 Å². The quantitative estimate of drug-likeness (QED) is 0.808. The maximum Gasteiger partial charge on any atom is 0.0485 e. The average molecular weight is 266 g/mol. The minimum atomic E-state index is 0.214. The second-order valence-corrected chi connectivity index (χ2v) is 4.81. The Morgan fingerprint density at radius 2 is 1.53 bits per heavy atom. The van der Waals surface area contributed by atoms with Crippen LogP contribution in [0, 0.1) is 0 Å². The van der Waals surface area contributed by atoms with Crippen LogP contribution in [0.15, 0.2) is 48.5 Å². The van der Waals surface area contributed by atoms with Gasteiger partial charge in [0.25, 0.3) is 0 Å². The van der Waals surface area contributed by atoms with Gasteiger partial charge in [-0.05, 0) is 30.7 Å². The van der Waals surface area contributed by atoms with E-state index in [4.69, 9.17) is 23.2 Å². The molecule has 0 radical (unpaired) electrons. The molecule has 0 heterocycles. The topological polar surface area (TPSA) is 12.0 Å². The molecule has 1 N–H and O–H groups in total. The number of hydrogen-bond donors (Lipinski definition) is 1. The first-order chi connectivity index (χ1) is 8.15. The lowest BCUT2D eigenvalue weighted by Crippen LogP contribution is -2.06. The van der Waals surface area contributed by atoms with Crippen LogP contribution in [0.25, 0.3) is 0 Å². The Bertz CT molecular complexity index is 477. The summed E-state index contributed by atoms with van der Waals surface area (Å²) in [5, 5.41) is 4.65. The number of halogens is 2. The van der Waals surface area contributed by atoms with Gasteiger partial charge in [-0.25, -0.2) is 0 Å². The van der Waals surface area contributed by atoms with Crippen molar-refractivity contribution in [1.82, 2.24) is 0 Å². The predicted molar refractivity (Wildman–Crippen MR) is 74.9 cm³/mol. The van der Waals surface area contributed by atoms with Crippen LogP contribution in [0.2, 0.25) is 10.0 Å². The minimum Gasteiger partial charge on any atom is -0.378 e. The van der Waals surface area contributed by atoms with Crippen molar-refractivity contribution in [2.75, 3.05) is 5.32 Å². The first-order valence-corrected chi connectivity index (χ1v) is 6.18. The molecule has 88 valence electrons. The maximum atomic E-state index is 5.96. The highest BCUT2D eigenvalue weighted by Crippen LogP contribution is 2.25. The van der Waals surface area contributed by atoms with E-state index in [0.717, 1.165) is 5.69 Å². The van der Waals surface area contributed by atoms with Crippen molar-refractivity contribution in [3.05, 3.63) is 64.1 Å². The van der Waals surface area contributed by atoms with Crippen molar-refractivity contribution >= 4 is 28.9 Å². The summed E-state index contributed by atoms with van der Waals surface area (Å²) >= 11 is 11.9. The Balaban J connectivity index is 2.16. The van der Waals surface area contributed by atoms with Gasteiger partial charge in [0.2, 0.25) is 0 Å². The zero-order chi connectivity index (χ0) is 12.3. The largest absolute Gasteiger partial charge is 0.378 e. The second kappa shape index (κ2) is 5.44. The van der Waals surface area contributed by atoms with Crippen LogP contribution >= 0.6 is 23.2 Å². The Morgan fingerprint density at radius 1 is 0.941 bits per heavy atom. The molecular weight excluding hydrogens is 253 g/mol. The van der Waals surface area contributed by atoms with Crippen LogP contribution < -0.4 is 5.32 Å². The molecule has 1 unspecified atom stereocenters. The van der Waals surface area contributed by atoms with Crippen LogP contribution in [0.1, 0.15) is 18.5 Å². The Kier molecular flexibility index (Phi) is 3.93. The molecule has 3 heteroatoms. The molecule has 0 bridgehead atoms. The van der Waals surface area contributed by atoms with Gasteiger partial charge in [0.05, 0.1) is 0 Å². The molecule has 17 heavy (non-hydrogen) atoms. The van der Waals surface area contributed by atoms with Crippen LogP contribution in [0.4, 0.5) is 5.69 Å². The summed E-state index contributed by atoms with van der Waals surface area (Å²) in [6.45, 7) is 2.10. The highest BCUT2D eigenvalue weighted by atomic mass is 35.5. The molecule has 0 aliphatic heterocycles. The van der Waals surface area contributed by atoms with Gasteiger partial charge in [-0.15, -0.1) is 0 Å². The highest BCUT2D eigenvalue weighted by molar-refractivity contribution is 6.35. The van der Waals surface area contributed by atoms with E-state index in [2.05, 4.69) is 24.4 Å². The summed E-state index contributed by atoms with van der Waals surface area (Å²) in [4.78, 5) is 0. The first kappa shape index (κ1) is 12.3. The van der Waals surface area contributed by atoms with E-state index >= 15 is 0 Å². The fourth-order valence-corrected chi connectivity index (χ4v) is 2.24. The third kappa shape index (κ3) is 3.39. The molecule has 0 saturated heterocycles. The van der Waals surface area contributed by atoms with E-state index in [1.807, 2.05) is 30.3 Å². The van der Waals surface area contributed by atoms with Crippen molar-refractivity contribution < 1.29 is 0 Å². The molecule has 0 aliphatic carbocycles. The number of nitrogens with one attached hydrogen (secondary N) is 1. The van der Waals surface area contributed by atoms with Gasteiger partial charge in [0, 0.05) is 21.8 Å². The SMILES string of the molecule is CC(Nc1cc(Cl)cc(Cl)c1)c1ccccc1. The molecule has 2 aromatic rings. The average Bonchev–Trinajstić information content (AvgIpc) is 2.28. The van der Waals surface area contributed by atoms with Gasteiger partial charge in [-0.3, -0.25) is 0 Å². The van der Waals surface area contributed by atoms with E-state index in [1.54, 1.807) is 6.07 Å². The summed E-state index contributed by atoms with van der Waals surface area (Å²) in [6, 6.07) is 15.9. The fraction of sp³-hybridized carbons (Fsp3) is 0.143. The summed E-state index contributed by atoms with van der Waals surface area (Å²) in [5.74, 6) is 0.